The average molecular weight is 392 g/mol. The number of benzene rings is 1. The summed E-state index contributed by atoms with van der Waals surface area (Å²) >= 11 is 5.56. The van der Waals surface area contributed by atoms with Crippen molar-refractivity contribution in [3.05, 3.63) is 36.4 Å². The fraction of sp³-hybridized carbons (Fsp3) is 0.474. The van der Waals surface area contributed by atoms with Crippen LogP contribution in [0.1, 0.15) is 18.5 Å². The van der Waals surface area contributed by atoms with E-state index in [0.717, 1.165) is 5.56 Å². The van der Waals surface area contributed by atoms with Crippen molar-refractivity contribution in [2.45, 2.75) is 18.7 Å². The molecule has 2 aliphatic rings. The minimum Gasteiger partial charge on any atom is -0.493 e. The minimum absolute atomic E-state index is 0.131. The number of carbonyl (C=O) groups excluding carboxylic acids is 1. The highest BCUT2D eigenvalue weighted by molar-refractivity contribution is 7.80. The first kappa shape index (κ1) is 19.4. The lowest BCUT2D eigenvalue weighted by Crippen LogP contribution is -2.71. The fourth-order valence-corrected chi connectivity index (χ4v) is 4.09. The van der Waals surface area contributed by atoms with Gasteiger partial charge in [-0.05, 0) is 25.2 Å². The molecule has 3 rings (SSSR count). The van der Waals surface area contributed by atoms with Crippen LogP contribution >= 0.6 is 12.2 Å². The van der Waals surface area contributed by atoms with Gasteiger partial charge in [0, 0.05) is 19.2 Å². The maximum absolute atomic E-state index is 12.9. The molecule has 0 aliphatic carbocycles. The zero-order chi connectivity index (χ0) is 19.6. The van der Waals surface area contributed by atoms with Crippen LogP contribution in [0.4, 0.5) is 0 Å². The van der Waals surface area contributed by atoms with Crippen LogP contribution in [-0.4, -0.2) is 55.7 Å². The Labute approximate surface area is 164 Å². The van der Waals surface area contributed by atoms with E-state index in [1.807, 2.05) is 30.0 Å². The average Bonchev–Trinajstić information content (AvgIpc) is 2.65. The van der Waals surface area contributed by atoms with Gasteiger partial charge in [0.25, 0.3) is 0 Å². The molecule has 1 aromatic rings. The number of thiocarbonyl (C=S) groups is 1. The van der Waals surface area contributed by atoms with Crippen molar-refractivity contribution in [1.82, 2.24) is 10.2 Å². The van der Waals surface area contributed by atoms with E-state index in [-0.39, 0.29) is 12.6 Å². The summed E-state index contributed by atoms with van der Waals surface area (Å²) in [6.45, 7) is 6.47. The van der Waals surface area contributed by atoms with Crippen LogP contribution < -0.4 is 14.8 Å². The largest absolute Gasteiger partial charge is 0.493 e. The molecule has 0 unspecified atom stereocenters. The van der Waals surface area contributed by atoms with Crippen LogP contribution in [0.3, 0.4) is 0 Å². The number of esters is 1. The Morgan fingerprint density at radius 1 is 1.48 bits per heavy atom. The first-order valence-corrected chi connectivity index (χ1v) is 9.09. The maximum atomic E-state index is 12.9. The molecule has 2 heterocycles. The monoisotopic (exact) mass is 392 g/mol. The first-order chi connectivity index (χ1) is 13.0. The van der Waals surface area contributed by atoms with Crippen molar-refractivity contribution >= 4 is 23.3 Å². The maximum Gasteiger partial charge on any atom is 0.317 e. The second kappa shape index (κ2) is 7.74. The SMILES string of the molecule is C=CCOC(=O)[C@H]1[C@H]2NC(=S)N(CCOC)[C@@]1(C)Oc1c(OC)cccc12. The van der Waals surface area contributed by atoms with Gasteiger partial charge in [-0.2, -0.15) is 0 Å². The van der Waals surface area contributed by atoms with E-state index < -0.39 is 17.7 Å². The van der Waals surface area contributed by atoms with Gasteiger partial charge in [-0.15, -0.1) is 0 Å². The molecular formula is C19H24N2O5S. The Balaban J connectivity index is 2.10. The summed E-state index contributed by atoms with van der Waals surface area (Å²) in [6, 6.07) is 5.19. The molecule has 2 bridgehead atoms. The molecule has 0 amide bonds. The van der Waals surface area contributed by atoms with Gasteiger partial charge in [-0.3, -0.25) is 4.79 Å². The summed E-state index contributed by atoms with van der Waals surface area (Å²) in [7, 11) is 3.20. The third kappa shape index (κ3) is 3.23. The molecule has 3 atom stereocenters. The van der Waals surface area contributed by atoms with E-state index in [4.69, 9.17) is 31.2 Å². The van der Waals surface area contributed by atoms with Gasteiger partial charge in [-0.25, -0.2) is 0 Å². The van der Waals surface area contributed by atoms with Gasteiger partial charge in [0.2, 0.25) is 0 Å². The highest BCUT2D eigenvalue weighted by Crippen LogP contribution is 2.51. The number of hydrogen-bond acceptors (Lipinski definition) is 6. The summed E-state index contributed by atoms with van der Waals surface area (Å²) in [5.74, 6) is 0.175. The molecule has 0 aromatic heterocycles. The van der Waals surface area contributed by atoms with Crippen molar-refractivity contribution in [2.75, 3.05) is 34.0 Å². The fourth-order valence-electron chi connectivity index (χ4n) is 3.69. The van der Waals surface area contributed by atoms with Crippen molar-refractivity contribution in [3.8, 4) is 11.5 Å². The summed E-state index contributed by atoms with van der Waals surface area (Å²) in [5, 5.41) is 3.79. The lowest BCUT2D eigenvalue weighted by Gasteiger charge is -2.55. The van der Waals surface area contributed by atoms with Gasteiger partial charge >= 0.3 is 5.97 Å². The van der Waals surface area contributed by atoms with Crippen LogP contribution in [0.5, 0.6) is 11.5 Å². The van der Waals surface area contributed by atoms with E-state index in [9.17, 15) is 4.79 Å². The molecule has 1 aromatic carbocycles. The molecular weight excluding hydrogens is 368 g/mol. The van der Waals surface area contributed by atoms with E-state index in [2.05, 4.69) is 11.9 Å². The second-order valence-corrected chi connectivity index (χ2v) is 6.89. The summed E-state index contributed by atoms with van der Waals surface area (Å²) in [6.07, 6.45) is 1.54. The minimum atomic E-state index is -1.05. The Morgan fingerprint density at radius 3 is 2.93 bits per heavy atom. The molecule has 0 radical (unpaired) electrons. The zero-order valence-electron chi connectivity index (χ0n) is 15.7. The zero-order valence-corrected chi connectivity index (χ0v) is 16.5. The van der Waals surface area contributed by atoms with Crippen LogP contribution in [-0.2, 0) is 14.3 Å². The number of fused-ring (bicyclic) bond motifs is 4. The van der Waals surface area contributed by atoms with Crippen LogP contribution in [0, 0.1) is 5.92 Å². The number of nitrogens with zero attached hydrogens (tertiary/aromatic N) is 1. The predicted octanol–water partition coefficient (Wildman–Crippen LogP) is 2.03. The van der Waals surface area contributed by atoms with Crippen molar-refractivity contribution in [3.63, 3.8) is 0 Å². The van der Waals surface area contributed by atoms with Gasteiger partial charge < -0.3 is 29.2 Å². The summed E-state index contributed by atoms with van der Waals surface area (Å²) in [4.78, 5) is 14.8. The van der Waals surface area contributed by atoms with Crippen LogP contribution in [0.2, 0.25) is 0 Å². The van der Waals surface area contributed by atoms with Crippen molar-refractivity contribution in [2.24, 2.45) is 5.92 Å². The van der Waals surface area contributed by atoms with Crippen LogP contribution in [0.15, 0.2) is 30.9 Å². The second-order valence-electron chi connectivity index (χ2n) is 6.50. The molecule has 0 saturated carbocycles. The summed E-state index contributed by atoms with van der Waals surface area (Å²) in [5.41, 5.74) is -0.244. The Bertz CT molecular complexity index is 756. The Morgan fingerprint density at radius 2 is 2.26 bits per heavy atom. The normalized spacial score (nSPS) is 25.7. The first-order valence-electron chi connectivity index (χ1n) is 8.68. The highest BCUT2D eigenvalue weighted by atomic mass is 32.1. The van der Waals surface area contributed by atoms with Crippen molar-refractivity contribution in [1.29, 1.82) is 0 Å². The number of methoxy groups -OCH3 is 2. The lowest BCUT2D eigenvalue weighted by atomic mass is 9.79. The molecule has 27 heavy (non-hydrogen) atoms. The van der Waals surface area contributed by atoms with E-state index >= 15 is 0 Å². The molecule has 2 aliphatic heterocycles. The topological polar surface area (TPSA) is 69.3 Å². The van der Waals surface area contributed by atoms with Gasteiger partial charge in [0.05, 0.1) is 19.8 Å². The van der Waals surface area contributed by atoms with Crippen molar-refractivity contribution < 1.29 is 23.7 Å². The number of nitrogens with one attached hydrogen (secondary N) is 1. The third-order valence-corrected chi connectivity index (χ3v) is 5.30. The van der Waals surface area contributed by atoms with E-state index in [0.29, 0.717) is 29.8 Å². The predicted molar refractivity (Wildman–Crippen MR) is 104 cm³/mol. The van der Waals surface area contributed by atoms with E-state index in [1.165, 1.54) is 6.08 Å². The number of para-hydroxylation sites is 1. The van der Waals surface area contributed by atoms with E-state index in [1.54, 1.807) is 14.2 Å². The molecule has 1 N–H and O–H groups in total. The Kier molecular flexibility index (Phi) is 5.57. The number of hydrogen-bond donors (Lipinski definition) is 1. The molecule has 0 spiro atoms. The van der Waals surface area contributed by atoms with Gasteiger partial charge in [0.15, 0.2) is 22.3 Å². The van der Waals surface area contributed by atoms with Gasteiger partial charge in [-0.1, -0.05) is 24.8 Å². The number of rotatable bonds is 7. The molecule has 146 valence electrons. The molecule has 8 heteroatoms. The standard InChI is InChI=1S/C19H24N2O5S/c1-5-10-25-17(22)14-15-12-7-6-8-13(24-4)16(12)26-19(14,2)21(9-11-23-3)18(27)20-15/h5-8,14-15H,1,9-11H2,2-4H3,(H,20,27)/t14-,15+,19+/m1/s1. The molecule has 1 fully saturated rings. The third-order valence-electron chi connectivity index (χ3n) is 4.96. The number of ether oxygens (including phenoxy) is 4. The highest BCUT2D eigenvalue weighted by Gasteiger charge is 2.59. The molecule has 1 saturated heterocycles. The summed E-state index contributed by atoms with van der Waals surface area (Å²) < 4.78 is 22.5. The number of carbonyl (C=O) groups is 1. The lowest BCUT2D eigenvalue weighted by molar-refractivity contribution is -0.175. The Hall–Kier alpha value is -2.32. The smallest absolute Gasteiger partial charge is 0.317 e. The van der Waals surface area contributed by atoms with Crippen LogP contribution in [0.25, 0.3) is 0 Å². The molecule has 7 nitrogen and oxygen atoms in total. The quantitative estimate of drug-likeness (QED) is 0.429. The van der Waals surface area contributed by atoms with Gasteiger partial charge in [0.1, 0.15) is 12.5 Å².